The van der Waals surface area contributed by atoms with Crippen molar-refractivity contribution in [2.75, 3.05) is 17.8 Å². The quantitative estimate of drug-likeness (QED) is 0.212. The largest absolute Gasteiger partial charge is 0.394 e. The highest BCUT2D eigenvalue weighted by Gasteiger charge is 2.45. The molecule has 0 spiro atoms. The third-order valence-corrected chi connectivity index (χ3v) is 5.26. The van der Waals surface area contributed by atoms with Crippen LogP contribution >= 0.6 is 0 Å². The van der Waals surface area contributed by atoms with Crippen molar-refractivity contribution in [3.63, 3.8) is 0 Å². The van der Waals surface area contributed by atoms with E-state index in [0.29, 0.717) is 5.69 Å². The molecule has 0 aliphatic carbocycles. The van der Waals surface area contributed by atoms with Crippen LogP contribution in [-0.2, 0) is 4.74 Å². The van der Waals surface area contributed by atoms with Crippen LogP contribution in [-0.4, -0.2) is 71.0 Å². The molecule has 5 rings (SSSR count). The molecule has 4 atom stereocenters. The normalized spacial score (nSPS) is 23.5. The highest BCUT2D eigenvalue weighted by molar-refractivity contribution is 5.86. The van der Waals surface area contributed by atoms with E-state index >= 15 is 0 Å². The monoisotopic (exact) mass is 436 g/mol. The molecule has 12 nitrogen and oxygen atoms in total. The molecule has 6 N–H and O–H groups in total. The van der Waals surface area contributed by atoms with Crippen molar-refractivity contribution in [1.82, 2.24) is 24.5 Å². The second-order valence-electron chi connectivity index (χ2n) is 7.26. The molecule has 32 heavy (non-hydrogen) atoms. The van der Waals surface area contributed by atoms with Crippen LogP contribution in [0.4, 0.5) is 11.8 Å². The van der Waals surface area contributed by atoms with E-state index in [2.05, 4.69) is 30.5 Å². The maximum absolute atomic E-state index is 10.5. The Morgan fingerprint density at radius 3 is 2.78 bits per heavy atom. The van der Waals surface area contributed by atoms with Gasteiger partial charge in [-0.25, -0.2) is 25.4 Å². The molecule has 0 saturated carbocycles. The van der Waals surface area contributed by atoms with Crippen molar-refractivity contribution >= 4 is 40.0 Å². The van der Waals surface area contributed by atoms with Crippen LogP contribution in [0.3, 0.4) is 0 Å². The fourth-order valence-electron chi connectivity index (χ4n) is 3.65. The Balaban J connectivity index is 1.50. The molecule has 1 saturated heterocycles. The van der Waals surface area contributed by atoms with Gasteiger partial charge in [-0.05, 0) is 12.1 Å². The first-order valence-electron chi connectivity index (χ1n) is 9.82. The molecule has 0 radical (unpaired) electrons. The molecule has 4 heterocycles. The molecule has 0 unspecified atom stereocenters. The average molecular weight is 436 g/mol. The van der Waals surface area contributed by atoms with Gasteiger partial charge in [-0.3, -0.25) is 4.57 Å². The molecule has 1 aliphatic heterocycles. The number of nitrogen functional groups attached to an aromatic ring is 1. The summed E-state index contributed by atoms with van der Waals surface area (Å²) < 4.78 is 7.07. The Morgan fingerprint density at radius 2 is 1.97 bits per heavy atom. The summed E-state index contributed by atoms with van der Waals surface area (Å²) in [4.78, 5) is 17.0. The van der Waals surface area contributed by atoms with Crippen molar-refractivity contribution < 1.29 is 20.1 Å². The second kappa shape index (κ2) is 8.09. The number of hydrogen-bond acceptors (Lipinski definition) is 11. The van der Waals surface area contributed by atoms with E-state index in [-0.39, 0.29) is 22.9 Å². The van der Waals surface area contributed by atoms with Crippen molar-refractivity contribution in [2.24, 2.45) is 5.10 Å². The Morgan fingerprint density at radius 1 is 1.12 bits per heavy atom. The van der Waals surface area contributed by atoms with E-state index in [1.165, 1.54) is 17.1 Å². The number of nitrogens with zero attached hydrogens (tertiary/aromatic N) is 6. The fourth-order valence-corrected chi connectivity index (χ4v) is 3.65. The lowest BCUT2D eigenvalue weighted by atomic mass is 10.1. The number of benzene rings is 1. The van der Waals surface area contributed by atoms with Gasteiger partial charge in [0.15, 0.2) is 23.2 Å². The molecule has 0 amide bonds. The maximum atomic E-state index is 10.5. The number of aliphatic hydroxyl groups excluding tert-OH is 3. The van der Waals surface area contributed by atoms with Gasteiger partial charge in [0.1, 0.15) is 24.6 Å². The SMILES string of the molecule is Nc1ncnc2c1nc(NN=Cc1ccc3ccccc3n1)n2[C@@H]1O[C@H](CO)[C@@H](O)[C@H]1O. The topological polar surface area (TPSA) is 177 Å². The number of ether oxygens (including phenoxy) is 1. The summed E-state index contributed by atoms with van der Waals surface area (Å²) in [6.07, 6.45) is -1.92. The van der Waals surface area contributed by atoms with Gasteiger partial charge in [0.05, 0.1) is 24.0 Å². The first-order valence-corrected chi connectivity index (χ1v) is 9.82. The lowest BCUT2D eigenvalue weighted by molar-refractivity contribution is -0.0501. The number of nitrogens with one attached hydrogen (secondary N) is 1. The van der Waals surface area contributed by atoms with Gasteiger partial charge in [0, 0.05) is 5.39 Å². The molecule has 12 heteroatoms. The fraction of sp³-hybridized carbons (Fsp3) is 0.250. The number of aliphatic hydroxyl groups is 3. The number of aromatic nitrogens is 5. The number of para-hydroxylation sites is 1. The summed E-state index contributed by atoms with van der Waals surface area (Å²) >= 11 is 0. The van der Waals surface area contributed by atoms with Crippen LogP contribution in [0.25, 0.3) is 22.1 Å². The number of imidazole rings is 1. The minimum atomic E-state index is -1.34. The van der Waals surface area contributed by atoms with Gasteiger partial charge in [-0.15, -0.1) is 0 Å². The van der Waals surface area contributed by atoms with Gasteiger partial charge in [0.2, 0.25) is 5.95 Å². The molecule has 1 aliphatic rings. The number of pyridine rings is 1. The highest BCUT2D eigenvalue weighted by Crippen LogP contribution is 2.35. The zero-order chi connectivity index (χ0) is 22.2. The number of fused-ring (bicyclic) bond motifs is 2. The molecule has 1 fully saturated rings. The Bertz CT molecular complexity index is 1310. The maximum Gasteiger partial charge on any atom is 0.228 e. The Kier molecular flexibility index (Phi) is 5.11. The van der Waals surface area contributed by atoms with Gasteiger partial charge in [-0.2, -0.15) is 5.10 Å². The summed E-state index contributed by atoms with van der Waals surface area (Å²) in [7, 11) is 0. The van der Waals surface area contributed by atoms with Crippen molar-refractivity contribution in [3.8, 4) is 0 Å². The van der Waals surface area contributed by atoms with Crippen LogP contribution in [0.5, 0.6) is 0 Å². The van der Waals surface area contributed by atoms with E-state index < -0.39 is 31.1 Å². The summed E-state index contributed by atoms with van der Waals surface area (Å²) in [6.45, 7) is -0.465. The Hall–Kier alpha value is -3.71. The molecule has 0 bridgehead atoms. The number of rotatable bonds is 5. The molecule has 1 aromatic carbocycles. The van der Waals surface area contributed by atoms with E-state index in [0.717, 1.165) is 10.9 Å². The van der Waals surface area contributed by atoms with Gasteiger partial charge >= 0.3 is 0 Å². The molecule has 4 aromatic rings. The Labute approximate surface area is 181 Å². The second-order valence-corrected chi connectivity index (χ2v) is 7.26. The smallest absolute Gasteiger partial charge is 0.228 e. The predicted molar refractivity (Wildman–Crippen MR) is 116 cm³/mol. The van der Waals surface area contributed by atoms with E-state index in [1.807, 2.05) is 36.4 Å². The molecule has 3 aromatic heterocycles. The number of hydrogen-bond donors (Lipinski definition) is 5. The van der Waals surface area contributed by atoms with Crippen LogP contribution in [0, 0.1) is 0 Å². The first kappa shape index (κ1) is 20.2. The van der Waals surface area contributed by atoms with E-state index in [1.54, 1.807) is 0 Å². The van der Waals surface area contributed by atoms with Crippen LogP contribution in [0.1, 0.15) is 11.9 Å². The van der Waals surface area contributed by atoms with Crippen molar-refractivity contribution in [2.45, 2.75) is 24.5 Å². The lowest BCUT2D eigenvalue weighted by Crippen LogP contribution is -2.33. The van der Waals surface area contributed by atoms with Gasteiger partial charge in [-0.1, -0.05) is 24.3 Å². The number of nitrogens with two attached hydrogens (primary N) is 1. The summed E-state index contributed by atoms with van der Waals surface area (Å²) in [5.74, 6) is 0.280. The zero-order valence-electron chi connectivity index (χ0n) is 16.6. The predicted octanol–water partition coefficient (Wildman–Crippen LogP) is 0.0142. The minimum Gasteiger partial charge on any atom is -0.394 e. The summed E-state index contributed by atoms with van der Waals surface area (Å²) in [5.41, 5.74) is 10.7. The summed E-state index contributed by atoms with van der Waals surface area (Å²) in [5, 5.41) is 35.3. The molecular weight excluding hydrogens is 416 g/mol. The molecular formula is C20H20N8O4. The van der Waals surface area contributed by atoms with Crippen LogP contribution in [0.2, 0.25) is 0 Å². The molecule has 164 valence electrons. The lowest BCUT2D eigenvalue weighted by Gasteiger charge is -2.18. The minimum absolute atomic E-state index is 0.128. The number of hydrazone groups is 1. The van der Waals surface area contributed by atoms with Gasteiger partial charge in [0.25, 0.3) is 0 Å². The van der Waals surface area contributed by atoms with E-state index in [9.17, 15) is 15.3 Å². The van der Waals surface area contributed by atoms with Gasteiger partial charge < -0.3 is 25.8 Å². The third kappa shape index (κ3) is 3.40. The first-order chi connectivity index (χ1) is 15.6. The van der Waals surface area contributed by atoms with Crippen LogP contribution < -0.4 is 11.2 Å². The standard InChI is InChI=1S/C20H20N8O4/c21-17-14-18(23-9-22-17)28(19-16(31)15(30)13(8-29)32-19)20(26-14)27-24-7-11-6-5-10-3-1-2-4-12(10)25-11/h1-7,9,13,15-16,19,29-31H,8H2,(H,26,27)(H2,21,22,23)/t13-,15-,16-,19-/m1/s1. The van der Waals surface area contributed by atoms with Crippen LogP contribution in [0.15, 0.2) is 47.8 Å². The third-order valence-electron chi connectivity index (χ3n) is 5.26. The summed E-state index contributed by atoms with van der Waals surface area (Å²) in [6, 6.07) is 11.5. The zero-order valence-corrected chi connectivity index (χ0v) is 16.6. The van der Waals surface area contributed by atoms with Crippen molar-refractivity contribution in [3.05, 3.63) is 48.4 Å². The van der Waals surface area contributed by atoms with E-state index in [4.69, 9.17) is 10.5 Å². The van der Waals surface area contributed by atoms with Crippen molar-refractivity contribution in [1.29, 1.82) is 0 Å². The highest BCUT2D eigenvalue weighted by atomic mass is 16.6. The average Bonchev–Trinajstić information content (AvgIpc) is 3.31. The number of anilines is 2.